The fourth-order valence-corrected chi connectivity index (χ4v) is 3.68. The van der Waals surface area contributed by atoms with Gasteiger partial charge >= 0.3 is 0 Å². The van der Waals surface area contributed by atoms with Crippen molar-refractivity contribution in [2.75, 3.05) is 0 Å². The number of hydrogen-bond donors (Lipinski definition) is 1. The average molecular weight is 330 g/mol. The second-order valence-electron chi connectivity index (χ2n) is 7.10. The Kier molecular flexibility index (Phi) is 4.94. The quantitative estimate of drug-likeness (QED) is 0.579. The van der Waals surface area contributed by atoms with Crippen LogP contribution in [0.5, 0.6) is 5.75 Å². The van der Waals surface area contributed by atoms with Crippen LogP contribution < -0.4 is 0 Å². The largest absolute Gasteiger partial charge is 0.508 e. The van der Waals surface area contributed by atoms with Crippen molar-refractivity contribution in [2.45, 2.75) is 39.0 Å². The van der Waals surface area contributed by atoms with Crippen molar-refractivity contribution < 1.29 is 5.11 Å². The Morgan fingerprint density at radius 3 is 2.00 bits per heavy atom. The van der Waals surface area contributed by atoms with E-state index < -0.39 is 0 Å². The lowest BCUT2D eigenvalue weighted by Crippen LogP contribution is -2.21. The van der Waals surface area contributed by atoms with Crippen molar-refractivity contribution in [2.24, 2.45) is 0 Å². The Balaban J connectivity index is 2.30. The molecule has 3 aromatic rings. The highest BCUT2D eigenvalue weighted by atomic mass is 16.3. The molecule has 3 rings (SSSR count). The molecular formula is C24H26O. The maximum atomic E-state index is 10.8. The zero-order valence-electron chi connectivity index (χ0n) is 15.3. The van der Waals surface area contributed by atoms with Gasteiger partial charge in [-0.15, -0.1) is 0 Å². The standard InChI is InChI=1S/C24H26O/c1-4-11-18-16-17-21(25)23(22(18)19-12-7-5-8-13-19)24(2,3)20-14-9-6-10-15-20/h5-10,12-17,25H,4,11H2,1-3H3. The fraction of sp³-hybridized carbons (Fsp3) is 0.250. The summed E-state index contributed by atoms with van der Waals surface area (Å²) in [5.74, 6) is 0.368. The van der Waals surface area contributed by atoms with E-state index in [2.05, 4.69) is 75.4 Å². The molecule has 128 valence electrons. The van der Waals surface area contributed by atoms with Gasteiger partial charge in [-0.1, -0.05) is 93.9 Å². The summed E-state index contributed by atoms with van der Waals surface area (Å²) >= 11 is 0. The predicted octanol–water partition coefficient (Wildman–Crippen LogP) is 6.34. The summed E-state index contributed by atoms with van der Waals surface area (Å²) in [6.07, 6.45) is 2.08. The molecule has 0 unspecified atom stereocenters. The first-order valence-corrected chi connectivity index (χ1v) is 9.02. The molecule has 1 heteroatoms. The minimum atomic E-state index is -0.291. The second-order valence-corrected chi connectivity index (χ2v) is 7.10. The molecular weight excluding hydrogens is 304 g/mol. The SMILES string of the molecule is CCCc1ccc(O)c(C(C)(C)c2ccccc2)c1-c1ccccc1. The monoisotopic (exact) mass is 330 g/mol. The van der Waals surface area contributed by atoms with Gasteiger partial charge in [0.1, 0.15) is 5.75 Å². The van der Waals surface area contributed by atoms with Gasteiger partial charge in [-0.3, -0.25) is 0 Å². The minimum absolute atomic E-state index is 0.291. The highest BCUT2D eigenvalue weighted by Crippen LogP contribution is 2.44. The van der Waals surface area contributed by atoms with Crippen LogP contribution in [0.2, 0.25) is 0 Å². The molecule has 0 heterocycles. The summed E-state index contributed by atoms with van der Waals surface area (Å²) in [4.78, 5) is 0. The molecule has 0 spiro atoms. The molecule has 1 N–H and O–H groups in total. The van der Waals surface area contributed by atoms with E-state index in [1.54, 1.807) is 0 Å². The van der Waals surface area contributed by atoms with Crippen LogP contribution in [0.4, 0.5) is 0 Å². The topological polar surface area (TPSA) is 20.2 Å². The maximum Gasteiger partial charge on any atom is 0.120 e. The molecule has 1 nitrogen and oxygen atoms in total. The van der Waals surface area contributed by atoms with Gasteiger partial charge in [0.25, 0.3) is 0 Å². The summed E-state index contributed by atoms with van der Waals surface area (Å²) in [6, 6.07) is 24.8. The van der Waals surface area contributed by atoms with Crippen molar-refractivity contribution >= 4 is 0 Å². The molecule has 0 aliphatic rings. The minimum Gasteiger partial charge on any atom is -0.508 e. The van der Waals surface area contributed by atoms with Crippen LogP contribution in [0.3, 0.4) is 0 Å². The molecule has 25 heavy (non-hydrogen) atoms. The lowest BCUT2D eigenvalue weighted by atomic mass is 9.73. The number of aromatic hydroxyl groups is 1. The van der Waals surface area contributed by atoms with E-state index in [-0.39, 0.29) is 5.41 Å². The Bertz CT molecular complexity index is 833. The summed E-state index contributed by atoms with van der Waals surface area (Å²) in [5.41, 5.74) is 5.56. The third kappa shape index (κ3) is 3.32. The summed E-state index contributed by atoms with van der Waals surface area (Å²) in [5, 5.41) is 10.8. The molecule has 0 bridgehead atoms. The number of benzene rings is 3. The third-order valence-corrected chi connectivity index (χ3v) is 4.97. The third-order valence-electron chi connectivity index (χ3n) is 4.97. The molecule has 0 radical (unpaired) electrons. The number of phenolic OH excluding ortho intramolecular Hbond substituents is 1. The zero-order valence-corrected chi connectivity index (χ0v) is 15.3. The zero-order chi connectivity index (χ0) is 17.9. The second kappa shape index (κ2) is 7.14. The van der Waals surface area contributed by atoms with E-state index in [0.717, 1.165) is 18.4 Å². The van der Waals surface area contributed by atoms with Crippen molar-refractivity contribution in [1.82, 2.24) is 0 Å². The van der Waals surface area contributed by atoms with Crippen molar-refractivity contribution in [3.05, 3.63) is 89.5 Å². The Hall–Kier alpha value is -2.54. The number of aryl methyl sites for hydroxylation is 1. The Morgan fingerprint density at radius 2 is 1.40 bits per heavy atom. The van der Waals surface area contributed by atoms with Crippen LogP contribution in [0.25, 0.3) is 11.1 Å². The van der Waals surface area contributed by atoms with Gasteiger partial charge in [-0.25, -0.2) is 0 Å². The summed E-state index contributed by atoms with van der Waals surface area (Å²) in [7, 11) is 0. The Morgan fingerprint density at radius 1 is 0.800 bits per heavy atom. The maximum absolute atomic E-state index is 10.8. The smallest absolute Gasteiger partial charge is 0.120 e. The normalized spacial score (nSPS) is 11.5. The van der Waals surface area contributed by atoms with E-state index in [9.17, 15) is 5.11 Å². The molecule has 0 atom stereocenters. The van der Waals surface area contributed by atoms with Gasteiger partial charge in [-0.05, 0) is 34.7 Å². The van der Waals surface area contributed by atoms with Crippen LogP contribution in [0.15, 0.2) is 72.8 Å². The fourth-order valence-electron chi connectivity index (χ4n) is 3.68. The molecule has 0 amide bonds. The van der Waals surface area contributed by atoms with Crippen molar-refractivity contribution in [3.8, 4) is 16.9 Å². The van der Waals surface area contributed by atoms with Crippen LogP contribution in [-0.2, 0) is 11.8 Å². The van der Waals surface area contributed by atoms with Crippen LogP contribution in [0.1, 0.15) is 43.9 Å². The molecule has 0 saturated carbocycles. The van der Waals surface area contributed by atoms with Gasteiger partial charge in [-0.2, -0.15) is 0 Å². The van der Waals surface area contributed by atoms with Gasteiger partial charge in [0.05, 0.1) is 0 Å². The highest BCUT2D eigenvalue weighted by Gasteiger charge is 2.30. The van der Waals surface area contributed by atoms with Gasteiger partial charge in [0.15, 0.2) is 0 Å². The Labute approximate surface area is 151 Å². The van der Waals surface area contributed by atoms with Crippen LogP contribution in [-0.4, -0.2) is 5.11 Å². The molecule has 0 saturated heterocycles. The summed E-state index contributed by atoms with van der Waals surface area (Å²) in [6.45, 7) is 6.59. The van der Waals surface area contributed by atoms with E-state index in [1.165, 1.54) is 22.3 Å². The molecule has 0 fully saturated rings. The molecule has 0 aromatic heterocycles. The molecule has 0 aliphatic carbocycles. The van der Waals surface area contributed by atoms with E-state index in [1.807, 2.05) is 18.2 Å². The first-order chi connectivity index (χ1) is 12.1. The van der Waals surface area contributed by atoms with Crippen LogP contribution in [0, 0.1) is 0 Å². The van der Waals surface area contributed by atoms with Gasteiger partial charge in [0.2, 0.25) is 0 Å². The van der Waals surface area contributed by atoms with Gasteiger partial charge in [0, 0.05) is 11.0 Å². The van der Waals surface area contributed by atoms with E-state index >= 15 is 0 Å². The van der Waals surface area contributed by atoms with Crippen molar-refractivity contribution in [1.29, 1.82) is 0 Å². The lowest BCUT2D eigenvalue weighted by Gasteiger charge is -2.31. The predicted molar refractivity (Wildman–Crippen MR) is 106 cm³/mol. The van der Waals surface area contributed by atoms with Gasteiger partial charge < -0.3 is 5.11 Å². The van der Waals surface area contributed by atoms with E-state index in [0.29, 0.717) is 5.75 Å². The summed E-state index contributed by atoms with van der Waals surface area (Å²) < 4.78 is 0. The average Bonchev–Trinajstić information content (AvgIpc) is 2.64. The number of rotatable bonds is 5. The first-order valence-electron chi connectivity index (χ1n) is 9.02. The lowest BCUT2D eigenvalue weighted by molar-refractivity contribution is 0.453. The number of phenols is 1. The molecule has 3 aromatic carbocycles. The molecule has 0 aliphatic heterocycles. The van der Waals surface area contributed by atoms with Crippen LogP contribution >= 0.6 is 0 Å². The highest BCUT2D eigenvalue weighted by molar-refractivity contribution is 5.76. The number of hydrogen-bond acceptors (Lipinski definition) is 1. The first kappa shape index (κ1) is 17.3. The van der Waals surface area contributed by atoms with E-state index in [4.69, 9.17) is 0 Å². The van der Waals surface area contributed by atoms with Crippen molar-refractivity contribution in [3.63, 3.8) is 0 Å².